The lowest BCUT2D eigenvalue weighted by Gasteiger charge is -2.41. The second-order valence-corrected chi connectivity index (χ2v) is 6.21. The van der Waals surface area contributed by atoms with Crippen molar-refractivity contribution in [3.05, 3.63) is 0 Å². The van der Waals surface area contributed by atoms with E-state index in [9.17, 15) is 4.39 Å². The predicted molar refractivity (Wildman–Crippen MR) is 74.6 cm³/mol. The van der Waals surface area contributed by atoms with E-state index in [-0.39, 0.29) is 0 Å². The number of nitrogens with zero attached hydrogens (tertiary/aromatic N) is 2. The Balaban J connectivity index is 1.76. The second kappa shape index (κ2) is 6.33. The maximum Gasteiger partial charge on any atom is 0.126 e. The van der Waals surface area contributed by atoms with Crippen molar-refractivity contribution in [1.29, 1.82) is 0 Å². The minimum absolute atomic E-state index is 0.682. The fraction of sp³-hybridized carbons (Fsp3) is 1.00. The maximum absolute atomic E-state index is 14.8. The zero-order chi connectivity index (χ0) is 13.0. The van der Waals surface area contributed by atoms with Crippen LogP contribution >= 0.6 is 0 Å². The van der Waals surface area contributed by atoms with Crippen LogP contribution in [0.4, 0.5) is 4.39 Å². The lowest BCUT2D eigenvalue weighted by Crippen LogP contribution is -2.49. The van der Waals surface area contributed by atoms with Gasteiger partial charge in [-0.1, -0.05) is 20.3 Å². The number of rotatable bonds is 4. The smallest absolute Gasteiger partial charge is 0.126 e. The van der Waals surface area contributed by atoms with Crippen LogP contribution in [0.2, 0.25) is 0 Å². The average Bonchev–Trinajstić information content (AvgIpc) is 2.40. The Labute approximate surface area is 112 Å². The number of likely N-dealkylation sites (tertiary alicyclic amines) is 2. The summed E-state index contributed by atoms with van der Waals surface area (Å²) < 4.78 is 14.8. The van der Waals surface area contributed by atoms with Crippen LogP contribution in [0.15, 0.2) is 0 Å². The first-order valence-electron chi connectivity index (χ1n) is 7.79. The quantitative estimate of drug-likeness (QED) is 0.763. The molecular weight excluding hydrogens is 227 g/mol. The fourth-order valence-corrected chi connectivity index (χ4v) is 3.38. The molecule has 2 saturated heterocycles. The van der Waals surface area contributed by atoms with Crippen LogP contribution in [0.1, 0.15) is 46.0 Å². The molecule has 18 heavy (non-hydrogen) atoms. The monoisotopic (exact) mass is 256 g/mol. The van der Waals surface area contributed by atoms with Crippen molar-refractivity contribution in [3.63, 3.8) is 0 Å². The van der Waals surface area contributed by atoms with E-state index in [1.165, 1.54) is 19.3 Å². The Morgan fingerprint density at radius 1 is 1.00 bits per heavy atom. The van der Waals surface area contributed by atoms with Crippen LogP contribution in [-0.4, -0.2) is 54.7 Å². The Kier molecular flexibility index (Phi) is 5.02. The highest BCUT2D eigenvalue weighted by atomic mass is 19.1. The van der Waals surface area contributed by atoms with Gasteiger partial charge in [0.25, 0.3) is 0 Å². The second-order valence-electron chi connectivity index (χ2n) is 6.21. The number of alkyl halides is 1. The summed E-state index contributed by atoms with van der Waals surface area (Å²) in [6.45, 7) is 10.3. The first-order valence-corrected chi connectivity index (χ1v) is 7.79. The van der Waals surface area contributed by atoms with Crippen molar-refractivity contribution >= 4 is 0 Å². The molecule has 0 bridgehead atoms. The van der Waals surface area contributed by atoms with Gasteiger partial charge in [0.2, 0.25) is 0 Å². The summed E-state index contributed by atoms with van der Waals surface area (Å²) in [4.78, 5) is 4.73. The third-order valence-corrected chi connectivity index (χ3v) is 4.99. The zero-order valence-electron chi connectivity index (χ0n) is 12.1. The van der Waals surface area contributed by atoms with Crippen LogP contribution in [0, 0.1) is 5.92 Å². The minimum Gasteiger partial charge on any atom is -0.303 e. The standard InChI is InChI=1S/C15H29FN2/c1-3-14-5-9-18(10-6-14)13-15(16)7-11-17(4-2)12-8-15/h14H,3-13H2,1-2H3. The lowest BCUT2D eigenvalue weighted by atomic mass is 9.90. The Hall–Kier alpha value is -0.150. The summed E-state index contributed by atoms with van der Waals surface area (Å²) >= 11 is 0. The summed E-state index contributed by atoms with van der Waals surface area (Å²) in [5.41, 5.74) is -0.912. The SMILES string of the molecule is CCC1CCN(CC2(F)CCN(CC)CC2)CC1. The molecule has 2 heterocycles. The van der Waals surface area contributed by atoms with Gasteiger partial charge in [0.05, 0.1) is 0 Å². The number of piperidine rings is 2. The summed E-state index contributed by atoms with van der Waals surface area (Å²) in [6.07, 6.45) is 5.30. The van der Waals surface area contributed by atoms with Gasteiger partial charge in [0, 0.05) is 19.6 Å². The van der Waals surface area contributed by atoms with E-state index in [2.05, 4.69) is 23.6 Å². The van der Waals surface area contributed by atoms with E-state index in [1.54, 1.807) is 0 Å². The van der Waals surface area contributed by atoms with Crippen LogP contribution in [0.25, 0.3) is 0 Å². The van der Waals surface area contributed by atoms with Crippen molar-refractivity contribution in [2.24, 2.45) is 5.92 Å². The van der Waals surface area contributed by atoms with Crippen LogP contribution in [0.3, 0.4) is 0 Å². The molecule has 0 aromatic carbocycles. The van der Waals surface area contributed by atoms with Crippen LogP contribution in [-0.2, 0) is 0 Å². The van der Waals surface area contributed by atoms with Crippen LogP contribution in [0.5, 0.6) is 0 Å². The molecule has 0 amide bonds. The van der Waals surface area contributed by atoms with E-state index in [1.807, 2.05) is 0 Å². The van der Waals surface area contributed by atoms with Gasteiger partial charge in [0.15, 0.2) is 0 Å². The van der Waals surface area contributed by atoms with Gasteiger partial charge in [-0.2, -0.15) is 0 Å². The van der Waals surface area contributed by atoms with Gasteiger partial charge >= 0.3 is 0 Å². The summed E-state index contributed by atoms with van der Waals surface area (Å²) in [5.74, 6) is 0.888. The lowest BCUT2D eigenvalue weighted by molar-refractivity contribution is 0.0161. The van der Waals surface area contributed by atoms with Crippen molar-refractivity contribution < 1.29 is 4.39 Å². The van der Waals surface area contributed by atoms with Crippen molar-refractivity contribution in [1.82, 2.24) is 9.80 Å². The first kappa shape index (κ1) is 14.3. The van der Waals surface area contributed by atoms with Gasteiger partial charge in [-0.05, 0) is 51.2 Å². The number of halogens is 1. The van der Waals surface area contributed by atoms with Gasteiger partial charge < -0.3 is 9.80 Å². The summed E-state index contributed by atoms with van der Waals surface area (Å²) in [6, 6.07) is 0. The largest absolute Gasteiger partial charge is 0.303 e. The molecule has 2 rings (SSSR count). The molecule has 0 atom stereocenters. The molecular formula is C15H29FN2. The number of hydrogen-bond donors (Lipinski definition) is 0. The molecule has 0 spiro atoms. The third kappa shape index (κ3) is 3.67. The predicted octanol–water partition coefficient (Wildman–Crippen LogP) is 2.93. The Bertz CT molecular complexity index is 241. The van der Waals surface area contributed by atoms with Gasteiger partial charge in [0.1, 0.15) is 5.67 Å². The van der Waals surface area contributed by atoms with E-state index in [4.69, 9.17) is 0 Å². The normalized spacial score (nSPS) is 27.5. The average molecular weight is 256 g/mol. The maximum atomic E-state index is 14.8. The molecule has 0 aliphatic carbocycles. The van der Waals surface area contributed by atoms with E-state index < -0.39 is 5.67 Å². The van der Waals surface area contributed by atoms with Crippen molar-refractivity contribution in [2.75, 3.05) is 39.3 Å². The highest BCUT2D eigenvalue weighted by molar-refractivity contribution is 4.90. The molecule has 2 aliphatic heterocycles. The fourth-order valence-electron chi connectivity index (χ4n) is 3.38. The molecule has 2 nitrogen and oxygen atoms in total. The topological polar surface area (TPSA) is 6.48 Å². The van der Waals surface area contributed by atoms with Gasteiger partial charge in [-0.15, -0.1) is 0 Å². The molecule has 2 aliphatic rings. The first-order chi connectivity index (χ1) is 8.65. The molecule has 0 N–H and O–H groups in total. The van der Waals surface area contributed by atoms with Crippen molar-refractivity contribution in [2.45, 2.75) is 51.6 Å². The molecule has 106 valence electrons. The van der Waals surface area contributed by atoms with E-state index >= 15 is 0 Å². The molecule has 0 unspecified atom stereocenters. The summed E-state index contributed by atoms with van der Waals surface area (Å²) in [5, 5.41) is 0. The van der Waals surface area contributed by atoms with E-state index in [0.717, 1.165) is 51.5 Å². The molecule has 3 heteroatoms. The molecule has 0 aromatic rings. The molecule has 0 aromatic heterocycles. The van der Waals surface area contributed by atoms with E-state index in [0.29, 0.717) is 6.54 Å². The van der Waals surface area contributed by atoms with Crippen molar-refractivity contribution in [3.8, 4) is 0 Å². The van der Waals surface area contributed by atoms with Crippen LogP contribution < -0.4 is 0 Å². The van der Waals surface area contributed by atoms with Gasteiger partial charge in [-0.3, -0.25) is 0 Å². The Morgan fingerprint density at radius 2 is 1.61 bits per heavy atom. The minimum atomic E-state index is -0.912. The van der Waals surface area contributed by atoms with Gasteiger partial charge in [-0.25, -0.2) is 4.39 Å². The Morgan fingerprint density at radius 3 is 2.11 bits per heavy atom. The summed E-state index contributed by atoms with van der Waals surface area (Å²) in [7, 11) is 0. The highest BCUT2D eigenvalue weighted by Gasteiger charge is 2.36. The highest BCUT2D eigenvalue weighted by Crippen LogP contribution is 2.29. The molecule has 0 saturated carbocycles. The molecule has 0 radical (unpaired) electrons. The zero-order valence-corrected chi connectivity index (χ0v) is 12.1. The number of hydrogen-bond acceptors (Lipinski definition) is 2. The third-order valence-electron chi connectivity index (χ3n) is 4.99. The molecule has 2 fully saturated rings.